The van der Waals surface area contributed by atoms with Crippen LogP contribution >= 0.6 is 0 Å². The highest BCUT2D eigenvalue weighted by Gasteiger charge is 2.85. The lowest BCUT2D eigenvalue weighted by Crippen LogP contribution is -2.66. The van der Waals surface area contributed by atoms with E-state index in [4.69, 9.17) is 0 Å². The highest BCUT2D eigenvalue weighted by Crippen LogP contribution is 2.88. The van der Waals surface area contributed by atoms with Crippen LogP contribution in [0.15, 0.2) is 12.7 Å². The molecule has 6 aliphatic rings. The molecule has 0 bridgehead atoms. The highest BCUT2D eigenvalue weighted by molar-refractivity contribution is 7.87. The lowest BCUT2D eigenvalue weighted by molar-refractivity contribution is -0.142. The maximum atomic E-state index is 15.0. The summed E-state index contributed by atoms with van der Waals surface area (Å²) in [5.41, 5.74) is -3.08. The van der Waals surface area contributed by atoms with Crippen molar-refractivity contribution in [3.8, 4) is 0 Å². The van der Waals surface area contributed by atoms with Crippen molar-refractivity contribution < 1.29 is 32.7 Å². The van der Waals surface area contributed by atoms with Crippen molar-refractivity contribution in [1.82, 2.24) is 34.8 Å². The first kappa shape index (κ1) is 47.9. The zero-order chi connectivity index (χ0) is 45.1. The van der Waals surface area contributed by atoms with E-state index in [1.54, 1.807) is 19.9 Å². The summed E-state index contributed by atoms with van der Waals surface area (Å²) in [5, 5.41) is 22.3. The topological polar surface area (TPSA) is 180 Å². The van der Waals surface area contributed by atoms with Gasteiger partial charge in [-0.25, -0.2) is 4.72 Å². The van der Waals surface area contributed by atoms with Gasteiger partial charge in [0.2, 0.25) is 17.7 Å². The van der Waals surface area contributed by atoms with E-state index in [1.165, 1.54) is 0 Å². The van der Waals surface area contributed by atoms with Crippen LogP contribution in [-0.2, 0) is 29.4 Å². The second-order valence-electron chi connectivity index (χ2n) is 21.8. The summed E-state index contributed by atoms with van der Waals surface area (Å²) in [6.45, 7) is 25.6. The molecule has 4 aliphatic carbocycles. The van der Waals surface area contributed by atoms with E-state index in [0.29, 0.717) is 13.0 Å². The fraction of sp³-hybridized carbons (Fsp3) is 0.870. The number of carbonyl (C=O) groups excluding carboxylic acids is 4. The van der Waals surface area contributed by atoms with Gasteiger partial charge in [0, 0.05) is 31.6 Å². The maximum Gasteiger partial charge on any atom is 0.303 e. The van der Waals surface area contributed by atoms with Crippen LogP contribution in [0.1, 0.15) is 153 Å². The van der Waals surface area contributed by atoms with E-state index in [9.17, 15) is 32.7 Å². The molecule has 6 rings (SSSR count). The zero-order valence-electron chi connectivity index (χ0n) is 39.0. The monoisotopic (exact) mass is 874 g/mol. The molecule has 4 amide bonds. The van der Waals surface area contributed by atoms with Crippen molar-refractivity contribution in [2.45, 2.75) is 195 Å². The summed E-state index contributed by atoms with van der Waals surface area (Å²) in [6, 6.07) is -2.68. The largest absolute Gasteiger partial charge is 0.376 e. The molecule has 8 atom stereocenters. The molecular weight excluding hydrogens is 795 g/mol. The third-order valence-electron chi connectivity index (χ3n) is 17.1. The van der Waals surface area contributed by atoms with Crippen LogP contribution < -0.4 is 20.7 Å². The Morgan fingerprint density at radius 1 is 0.852 bits per heavy atom. The minimum absolute atomic E-state index is 0.0115. The molecule has 2 saturated heterocycles. The Kier molecular flexibility index (Phi) is 13.4. The van der Waals surface area contributed by atoms with Gasteiger partial charge in [0.1, 0.15) is 17.8 Å². The summed E-state index contributed by atoms with van der Waals surface area (Å²) in [6.07, 6.45) is 11.4. The molecule has 0 aromatic carbocycles. The highest BCUT2D eigenvalue weighted by atomic mass is 32.2. The smallest absolute Gasteiger partial charge is 0.303 e. The fourth-order valence-corrected chi connectivity index (χ4v) is 14.0. The van der Waals surface area contributed by atoms with Crippen LogP contribution in [0.2, 0.25) is 0 Å². The molecule has 1 unspecified atom stereocenters. The van der Waals surface area contributed by atoms with Crippen molar-refractivity contribution in [2.75, 3.05) is 26.2 Å². The SMILES string of the molecule is C=C[C@@H]1C[C@]1(NC(=O)[C@@H]1C[C@@]2(CN1C(O)[C@@H](NC(=O)[C@@H](NC(=O)[C@@H]1CCCCN1C(C)C)C1(C)CCCCC1)C(C)(C)C)C(C)(C)C21CCC1)C(=O)NS(=O)(=O)N(CC)CC. The van der Waals surface area contributed by atoms with Crippen LogP contribution in [0.25, 0.3) is 0 Å². The van der Waals surface area contributed by atoms with E-state index in [0.717, 1.165) is 81.5 Å². The number of hydrogen-bond donors (Lipinski definition) is 5. The molecule has 5 N–H and O–H groups in total. The Morgan fingerprint density at radius 2 is 1.49 bits per heavy atom. The van der Waals surface area contributed by atoms with Gasteiger partial charge in [0.25, 0.3) is 5.91 Å². The van der Waals surface area contributed by atoms with Crippen LogP contribution in [0, 0.1) is 33.0 Å². The number of rotatable bonds is 16. The number of amides is 4. The van der Waals surface area contributed by atoms with E-state index in [2.05, 4.69) is 66.8 Å². The molecule has 2 heterocycles. The van der Waals surface area contributed by atoms with Crippen molar-refractivity contribution >= 4 is 33.8 Å². The molecule has 4 saturated carbocycles. The standard InChI is InChI=1S/C46H79N7O7S/c1-12-31-27-46(31,40(58)50-61(59,60)51(13-2)14-3)49-37(55)33-28-45(42(9,10)44(45)24-20-25-44)29-53(33)39(57)35(41(6,7)8)48-38(56)34(43(11)22-17-15-18-23-43)47-36(54)32-21-16-19-26-52(32)30(4)5/h12,30-35,39,57H,1,13-29H2,2-11H3,(H,47,54)(H,48,56)(H,49,55)(H,50,58)/t31-,32+,33+,34-,35-,39?,45-,46-/m1/s1. The molecule has 14 nitrogen and oxygen atoms in total. The van der Waals surface area contributed by atoms with Gasteiger partial charge in [-0.05, 0) is 98.8 Å². The number of fused-ring (bicyclic) bond motifs is 1. The Hall–Kier alpha value is -2.59. The molecule has 6 fully saturated rings. The average Bonchev–Trinajstić information content (AvgIpc) is 3.90. The minimum Gasteiger partial charge on any atom is -0.376 e. The fourth-order valence-electron chi connectivity index (χ4n) is 12.8. The maximum absolute atomic E-state index is 15.0. The van der Waals surface area contributed by atoms with Crippen molar-refractivity contribution in [3.63, 3.8) is 0 Å². The molecule has 15 heteroatoms. The van der Waals surface area contributed by atoms with Crippen LogP contribution in [0.3, 0.4) is 0 Å². The van der Waals surface area contributed by atoms with E-state index < -0.39 is 68.7 Å². The number of likely N-dealkylation sites (tertiary alicyclic amines) is 2. The molecular formula is C46H79N7O7S. The van der Waals surface area contributed by atoms with Crippen LogP contribution in [0.4, 0.5) is 0 Å². The molecule has 0 aromatic rings. The number of piperidine rings is 1. The van der Waals surface area contributed by atoms with Gasteiger partial charge < -0.3 is 21.1 Å². The van der Waals surface area contributed by atoms with Gasteiger partial charge in [0.15, 0.2) is 0 Å². The third-order valence-corrected chi connectivity index (χ3v) is 18.7. The quantitative estimate of drug-likeness (QED) is 0.139. The number of aliphatic hydroxyl groups is 1. The summed E-state index contributed by atoms with van der Waals surface area (Å²) in [5.74, 6) is -2.22. The summed E-state index contributed by atoms with van der Waals surface area (Å²) in [7, 11) is -4.16. The summed E-state index contributed by atoms with van der Waals surface area (Å²) >= 11 is 0. The summed E-state index contributed by atoms with van der Waals surface area (Å²) in [4.78, 5) is 62.0. The molecule has 2 spiro atoms. The van der Waals surface area contributed by atoms with Gasteiger partial charge >= 0.3 is 10.2 Å². The van der Waals surface area contributed by atoms with Gasteiger partial charge in [-0.15, -0.1) is 6.58 Å². The first-order valence-electron chi connectivity index (χ1n) is 23.5. The van der Waals surface area contributed by atoms with Crippen molar-refractivity contribution in [3.05, 3.63) is 12.7 Å². The zero-order valence-corrected chi connectivity index (χ0v) is 39.8. The molecule has 2 aliphatic heterocycles. The predicted molar refractivity (Wildman–Crippen MR) is 237 cm³/mol. The number of nitrogens with one attached hydrogen (secondary N) is 4. The van der Waals surface area contributed by atoms with Gasteiger partial charge in [-0.2, -0.15) is 12.7 Å². The van der Waals surface area contributed by atoms with E-state index in [1.807, 2.05) is 25.7 Å². The van der Waals surface area contributed by atoms with Gasteiger partial charge in [-0.1, -0.05) is 93.6 Å². The first-order chi connectivity index (χ1) is 28.4. The molecule has 0 aromatic heterocycles. The minimum atomic E-state index is -4.16. The predicted octanol–water partition coefficient (Wildman–Crippen LogP) is 4.59. The Labute approximate surface area is 366 Å². The molecule has 0 radical (unpaired) electrons. The third kappa shape index (κ3) is 8.22. The normalized spacial score (nSPS) is 32.1. The lowest BCUT2D eigenvalue weighted by Gasteiger charge is -2.45. The molecule has 61 heavy (non-hydrogen) atoms. The van der Waals surface area contributed by atoms with Crippen molar-refractivity contribution in [1.29, 1.82) is 0 Å². The van der Waals surface area contributed by atoms with Gasteiger partial charge in [0.05, 0.1) is 18.1 Å². The second-order valence-corrected chi connectivity index (χ2v) is 23.5. The van der Waals surface area contributed by atoms with Gasteiger partial charge in [-0.3, -0.25) is 29.0 Å². The van der Waals surface area contributed by atoms with E-state index in [-0.39, 0.29) is 59.7 Å². The Balaban J connectivity index is 1.30. The number of hydrogen-bond acceptors (Lipinski definition) is 9. The summed E-state index contributed by atoms with van der Waals surface area (Å²) < 4.78 is 29.8. The number of nitrogens with zero attached hydrogens (tertiary/aromatic N) is 3. The first-order valence-corrected chi connectivity index (χ1v) is 24.9. The molecule has 346 valence electrons. The number of carbonyl (C=O) groups is 4. The van der Waals surface area contributed by atoms with Crippen LogP contribution in [0.5, 0.6) is 0 Å². The van der Waals surface area contributed by atoms with Crippen molar-refractivity contribution in [2.24, 2.45) is 33.0 Å². The Bertz CT molecular complexity index is 1800. The second kappa shape index (κ2) is 17.1. The van der Waals surface area contributed by atoms with E-state index >= 15 is 0 Å². The number of aliphatic hydroxyl groups excluding tert-OH is 1. The lowest BCUT2D eigenvalue weighted by atomic mass is 9.70. The van der Waals surface area contributed by atoms with Crippen LogP contribution in [-0.4, -0.2) is 119 Å². The Morgan fingerprint density at radius 3 is 2.00 bits per heavy atom. The average molecular weight is 874 g/mol.